The highest BCUT2D eigenvalue weighted by Gasteiger charge is 2.33. The van der Waals surface area contributed by atoms with Gasteiger partial charge < -0.3 is 20.3 Å². The molecule has 208 valence electrons. The molecule has 38 heavy (non-hydrogen) atoms. The van der Waals surface area contributed by atoms with E-state index in [0.29, 0.717) is 6.54 Å². The second-order valence-corrected chi connectivity index (χ2v) is 11.0. The molecule has 3 amide bonds. The molecule has 0 aromatic heterocycles. The molecule has 0 spiro atoms. The summed E-state index contributed by atoms with van der Waals surface area (Å²) in [4.78, 5) is 41.5. The van der Waals surface area contributed by atoms with Gasteiger partial charge in [0.05, 0.1) is 0 Å². The highest BCUT2D eigenvalue weighted by molar-refractivity contribution is 5.99. The maximum Gasteiger partial charge on any atom is 0.408 e. The third-order valence-corrected chi connectivity index (χ3v) is 6.36. The van der Waals surface area contributed by atoms with Gasteiger partial charge in [-0.2, -0.15) is 0 Å². The average molecular weight is 524 g/mol. The van der Waals surface area contributed by atoms with Gasteiger partial charge in [-0.15, -0.1) is 0 Å². The van der Waals surface area contributed by atoms with Crippen LogP contribution in [0.4, 0.5) is 10.5 Å². The number of benzene rings is 2. The van der Waals surface area contributed by atoms with E-state index in [9.17, 15) is 14.4 Å². The largest absolute Gasteiger partial charge is 0.444 e. The number of carbonyl (C=O) groups excluding carboxylic acids is 3. The number of hydrogen-bond acceptors (Lipinski definition) is 4. The van der Waals surface area contributed by atoms with Crippen molar-refractivity contribution in [3.05, 3.63) is 64.2 Å². The van der Waals surface area contributed by atoms with Crippen molar-refractivity contribution in [1.29, 1.82) is 0 Å². The lowest BCUT2D eigenvalue weighted by Gasteiger charge is -2.33. The van der Waals surface area contributed by atoms with Gasteiger partial charge in [-0.1, -0.05) is 68.1 Å². The van der Waals surface area contributed by atoms with E-state index in [-0.39, 0.29) is 18.4 Å². The zero-order valence-electron chi connectivity index (χ0n) is 24.4. The molecular weight excluding hydrogens is 478 g/mol. The molecule has 7 heteroatoms. The average Bonchev–Trinajstić information content (AvgIpc) is 2.81. The van der Waals surface area contributed by atoms with Gasteiger partial charge in [0.1, 0.15) is 18.2 Å². The molecule has 0 aliphatic rings. The van der Waals surface area contributed by atoms with Gasteiger partial charge in [0, 0.05) is 12.2 Å². The predicted octanol–water partition coefficient (Wildman–Crippen LogP) is 6.53. The van der Waals surface area contributed by atoms with Crippen LogP contribution in [0.1, 0.15) is 87.2 Å². The number of alkyl carbamates (subject to hydrolysis) is 1. The lowest BCUT2D eigenvalue weighted by molar-refractivity contribution is -0.138. The number of amides is 3. The van der Waals surface area contributed by atoms with Gasteiger partial charge in [0.15, 0.2) is 0 Å². The minimum absolute atomic E-state index is 0.263. The van der Waals surface area contributed by atoms with Crippen LogP contribution >= 0.6 is 0 Å². The minimum atomic E-state index is -0.857. The van der Waals surface area contributed by atoms with Crippen molar-refractivity contribution >= 4 is 23.6 Å². The number of aryl methyl sites for hydroxylation is 4. The molecule has 2 aromatic carbocycles. The highest BCUT2D eigenvalue weighted by Crippen LogP contribution is 2.29. The number of para-hydroxylation sites is 1. The molecule has 2 N–H and O–H groups in total. The van der Waals surface area contributed by atoms with Crippen LogP contribution in [0.15, 0.2) is 36.4 Å². The molecule has 0 saturated heterocycles. The van der Waals surface area contributed by atoms with Gasteiger partial charge in [0.2, 0.25) is 5.91 Å². The van der Waals surface area contributed by atoms with Gasteiger partial charge >= 0.3 is 6.09 Å². The number of anilines is 1. The number of unbranched alkanes of at least 4 members (excludes halogenated alkanes) is 3. The Morgan fingerprint density at radius 1 is 0.921 bits per heavy atom. The lowest BCUT2D eigenvalue weighted by atomic mass is 9.96. The van der Waals surface area contributed by atoms with Gasteiger partial charge in [0.25, 0.3) is 5.91 Å². The Kier molecular flexibility index (Phi) is 11.4. The number of rotatable bonds is 11. The quantitative estimate of drug-likeness (QED) is 0.328. The van der Waals surface area contributed by atoms with Crippen molar-refractivity contribution in [3.8, 4) is 0 Å². The summed E-state index contributed by atoms with van der Waals surface area (Å²) in [6.07, 6.45) is 3.13. The van der Waals surface area contributed by atoms with Crippen LogP contribution in [0.5, 0.6) is 0 Å². The fraction of sp³-hybridized carbons (Fsp3) is 0.516. The number of nitrogens with one attached hydrogen (secondary N) is 2. The molecule has 2 aromatic rings. The second kappa shape index (κ2) is 14.0. The maximum atomic E-state index is 14.0. The van der Waals surface area contributed by atoms with Crippen molar-refractivity contribution in [1.82, 2.24) is 10.2 Å². The molecule has 0 bridgehead atoms. The van der Waals surface area contributed by atoms with Crippen molar-refractivity contribution in [2.24, 2.45) is 0 Å². The molecule has 1 unspecified atom stereocenters. The molecule has 1 atom stereocenters. The van der Waals surface area contributed by atoms with E-state index in [4.69, 9.17) is 4.74 Å². The summed E-state index contributed by atoms with van der Waals surface area (Å²) < 4.78 is 5.31. The first-order valence-corrected chi connectivity index (χ1v) is 13.5. The molecule has 7 nitrogen and oxygen atoms in total. The number of hydrogen-bond donors (Lipinski definition) is 2. The van der Waals surface area contributed by atoms with Crippen molar-refractivity contribution < 1.29 is 19.1 Å². The summed E-state index contributed by atoms with van der Waals surface area (Å²) in [6, 6.07) is 10.9. The van der Waals surface area contributed by atoms with E-state index >= 15 is 0 Å². The van der Waals surface area contributed by atoms with Crippen LogP contribution in [-0.2, 0) is 14.3 Å². The number of nitrogens with zero attached hydrogens (tertiary/aromatic N) is 1. The first kappa shape index (κ1) is 30.9. The van der Waals surface area contributed by atoms with E-state index in [1.165, 1.54) is 0 Å². The predicted molar refractivity (Wildman–Crippen MR) is 153 cm³/mol. The SMILES string of the molecule is CCCCCCN(C(=O)CNC(=O)OC(C)(C)C)C(C(=O)Nc1c(C)cccc1C)c1ccc(C)cc1C. The van der Waals surface area contributed by atoms with Crippen LogP contribution in [-0.4, -0.2) is 41.5 Å². The van der Waals surface area contributed by atoms with Crippen molar-refractivity contribution in [2.75, 3.05) is 18.4 Å². The fourth-order valence-corrected chi connectivity index (χ4v) is 4.46. The summed E-state index contributed by atoms with van der Waals surface area (Å²) >= 11 is 0. The monoisotopic (exact) mass is 523 g/mol. The summed E-state index contributed by atoms with van der Waals surface area (Å²) in [5.41, 5.74) is 4.73. The third-order valence-electron chi connectivity index (χ3n) is 6.36. The van der Waals surface area contributed by atoms with Crippen molar-refractivity contribution in [2.45, 2.75) is 92.7 Å². The summed E-state index contributed by atoms with van der Waals surface area (Å²) in [7, 11) is 0. The minimum Gasteiger partial charge on any atom is -0.444 e. The zero-order valence-corrected chi connectivity index (χ0v) is 24.4. The van der Waals surface area contributed by atoms with E-state index in [2.05, 4.69) is 17.6 Å². The van der Waals surface area contributed by atoms with E-state index < -0.39 is 17.7 Å². The van der Waals surface area contributed by atoms with Crippen molar-refractivity contribution in [3.63, 3.8) is 0 Å². The topological polar surface area (TPSA) is 87.7 Å². The van der Waals surface area contributed by atoms with Gasteiger partial charge in [-0.05, 0) is 77.1 Å². The fourth-order valence-electron chi connectivity index (χ4n) is 4.46. The molecule has 0 heterocycles. The maximum absolute atomic E-state index is 14.0. The third kappa shape index (κ3) is 9.19. The zero-order chi connectivity index (χ0) is 28.5. The Hall–Kier alpha value is -3.35. The molecule has 0 radical (unpaired) electrons. The summed E-state index contributed by atoms with van der Waals surface area (Å²) in [5, 5.41) is 5.68. The molecule has 0 fully saturated rings. The Balaban J connectivity index is 2.46. The molecular formula is C31H45N3O4. The Labute approximate surface area is 228 Å². The Bertz CT molecular complexity index is 1100. The van der Waals surface area contributed by atoms with Crippen LogP contribution in [0.3, 0.4) is 0 Å². The molecule has 0 saturated carbocycles. The van der Waals surface area contributed by atoms with Crippen LogP contribution < -0.4 is 10.6 Å². The standard InChI is InChI=1S/C31H45N3O4/c1-9-10-11-12-18-34(26(35)20-32-30(37)38-31(6,7)8)28(25-17-16-21(2)19-24(25)5)29(36)33-27-22(3)14-13-15-23(27)4/h13-17,19,28H,9-12,18,20H2,1-8H3,(H,32,37)(H,33,36). The Morgan fingerprint density at radius 3 is 2.16 bits per heavy atom. The van der Waals surface area contributed by atoms with Crippen LogP contribution in [0.2, 0.25) is 0 Å². The van der Waals surface area contributed by atoms with Gasteiger partial charge in [-0.3, -0.25) is 9.59 Å². The summed E-state index contributed by atoms with van der Waals surface area (Å²) in [6.45, 7) is 15.4. The van der Waals surface area contributed by atoms with E-state index in [1.807, 2.05) is 64.1 Å². The molecule has 2 rings (SSSR count). The lowest BCUT2D eigenvalue weighted by Crippen LogP contribution is -2.47. The highest BCUT2D eigenvalue weighted by atomic mass is 16.6. The first-order valence-electron chi connectivity index (χ1n) is 13.5. The summed E-state index contributed by atoms with van der Waals surface area (Å²) in [5.74, 6) is -0.621. The smallest absolute Gasteiger partial charge is 0.408 e. The first-order chi connectivity index (χ1) is 17.8. The molecule has 0 aliphatic heterocycles. The molecule has 0 aliphatic carbocycles. The van der Waals surface area contributed by atoms with E-state index in [0.717, 1.165) is 59.2 Å². The number of ether oxygens (including phenoxy) is 1. The van der Waals surface area contributed by atoms with Crippen LogP contribution in [0.25, 0.3) is 0 Å². The van der Waals surface area contributed by atoms with E-state index in [1.54, 1.807) is 25.7 Å². The Morgan fingerprint density at radius 2 is 1.58 bits per heavy atom. The number of carbonyl (C=O) groups is 3. The normalized spacial score (nSPS) is 12.0. The van der Waals surface area contributed by atoms with Crippen LogP contribution in [0, 0.1) is 27.7 Å². The second-order valence-electron chi connectivity index (χ2n) is 11.0. The van der Waals surface area contributed by atoms with Gasteiger partial charge in [-0.25, -0.2) is 4.79 Å².